The van der Waals surface area contributed by atoms with Crippen molar-refractivity contribution in [2.24, 2.45) is 0 Å². The molecule has 1 aliphatic heterocycles. The number of aromatic nitrogens is 2. The quantitative estimate of drug-likeness (QED) is 0.871. The molecule has 122 valence electrons. The van der Waals surface area contributed by atoms with Gasteiger partial charge in [0, 0.05) is 13.1 Å². The second-order valence-electron chi connectivity index (χ2n) is 6.70. The Kier molecular flexibility index (Phi) is 3.46. The van der Waals surface area contributed by atoms with Crippen LogP contribution in [-0.4, -0.2) is 41.3 Å². The molecule has 2 fully saturated rings. The average Bonchev–Trinajstić information content (AvgIpc) is 3.17. The molecule has 1 aromatic carbocycles. The van der Waals surface area contributed by atoms with E-state index in [9.17, 15) is 4.39 Å². The average molecular weight is 317 g/mol. The summed E-state index contributed by atoms with van der Waals surface area (Å²) in [5.41, 5.74) is 0.822. The fraction of sp³-hybridized carbons (Fsp3) is 0.529. The van der Waals surface area contributed by atoms with Crippen molar-refractivity contribution in [1.29, 1.82) is 0 Å². The van der Waals surface area contributed by atoms with Gasteiger partial charge in [-0.2, -0.15) is 4.98 Å². The number of likely N-dealkylation sites (N-methyl/N-ethyl adjacent to an activating group) is 1. The van der Waals surface area contributed by atoms with Crippen molar-refractivity contribution in [1.82, 2.24) is 15.0 Å². The molecule has 0 N–H and O–H groups in total. The molecular weight excluding hydrogens is 297 g/mol. The fourth-order valence-corrected chi connectivity index (χ4v) is 3.39. The van der Waals surface area contributed by atoms with Gasteiger partial charge in [0.2, 0.25) is 0 Å². The van der Waals surface area contributed by atoms with Gasteiger partial charge in [-0.3, -0.25) is 0 Å². The first-order valence-corrected chi connectivity index (χ1v) is 8.01. The van der Waals surface area contributed by atoms with Crippen LogP contribution in [-0.2, 0) is 10.2 Å². The Balaban J connectivity index is 1.59. The fourth-order valence-electron chi connectivity index (χ4n) is 3.39. The van der Waals surface area contributed by atoms with E-state index in [1.54, 1.807) is 0 Å². The molecule has 4 rings (SSSR count). The highest BCUT2D eigenvalue weighted by molar-refractivity contribution is 5.39. The summed E-state index contributed by atoms with van der Waals surface area (Å²) >= 11 is 0. The van der Waals surface area contributed by atoms with E-state index in [0.717, 1.165) is 31.5 Å². The Bertz CT molecular complexity index is 686. The van der Waals surface area contributed by atoms with E-state index >= 15 is 0 Å². The first-order chi connectivity index (χ1) is 11.1. The summed E-state index contributed by atoms with van der Waals surface area (Å²) in [4.78, 5) is 6.82. The maximum Gasteiger partial charge on any atom is 0.257 e. The molecule has 1 aliphatic carbocycles. The molecular formula is C17H20FN3O2. The number of nitrogens with zero attached hydrogens (tertiary/aromatic N) is 3. The minimum absolute atomic E-state index is 0.140. The molecule has 0 radical (unpaired) electrons. The molecule has 0 bridgehead atoms. The molecule has 2 aromatic rings. The summed E-state index contributed by atoms with van der Waals surface area (Å²) in [6.45, 7) is 3.69. The van der Waals surface area contributed by atoms with Gasteiger partial charge < -0.3 is 14.2 Å². The van der Waals surface area contributed by atoms with Crippen LogP contribution >= 0.6 is 0 Å². The number of hydrogen-bond acceptors (Lipinski definition) is 5. The lowest BCUT2D eigenvalue weighted by Crippen LogP contribution is -2.40. The third-order valence-electron chi connectivity index (χ3n) is 4.73. The van der Waals surface area contributed by atoms with Crippen LogP contribution in [0.2, 0.25) is 0 Å². The van der Waals surface area contributed by atoms with Crippen LogP contribution in [0.1, 0.15) is 43.1 Å². The summed E-state index contributed by atoms with van der Waals surface area (Å²) in [5, 5.41) is 4.20. The summed E-state index contributed by atoms with van der Waals surface area (Å²) in [7, 11) is 2.06. The van der Waals surface area contributed by atoms with E-state index in [1.807, 2.05) is 19.1 Å². The Hall–Kier alpha value is -1.79. The minimum atomic E-state index is -0.231. The molecule has 23 heavy (non-hydrogen) atoms. The Morgan fingerprint density at radius 2 is 1.96 bits per heavy atom. The molecule has 2 aliphatic rings. The first kappa shape index (κ1) is 14.8. The van der Waals surface area contributed by atoms with Crippen LogP contribution < -0.4 is 0 Å². The molecule has 0 unspecified atom stereocenters. The van der Waals surface area contributed by atoms with Gasteiger partial charge in [0.05, 0.1) is 11.5 Å². The van der Waals surface area contributed by atoms with Crippen LogP contribution in [0, 0.1) is 5.82 Å². The lowest BCUT2D eigenvalue weighted by molar-refractivity contribution is -0.0838. The number of benzene rings is 1. The first-order valence-electron chi connectivity index (χ1n) is 8.01. The van der Waals surface area contributed by atoms with Gasteiger partial charge in [-0.15, -0.1) is 0 Å². The lowest BCUT2D eigenvalue weighted by atomic mass is 9.95. The van der Waals surface area contributed by atoms with Crippen molar-refractivity contribution in [3.05, 3.63) is 47.4 Å². The van der Waals surface area contributed by atoms with Gasteiger partial charge in [-0.25, -0.2) is 4.39 Å². The maximum absolute atomic E-state index is 13.1. The predicted molar refractivity (Wildman–Crippen MR) is 81.5 cm³/mol. The van der Waals surface area contributed by atoms with E-state index in [1.165, 1.54) is 12.1 Å². The van der Waals surface area contributed by atoms with Crippen LogP contribution in [0.25, 0.3) is 0 Å². The highest BCUT2D eigenvalue weighted by Gasteiger charge is 2.50. The van der Waals surface area contributed by atoms with Crippen LogP contribution in [0.5, 0.6) is 0 Å². The smallest absolute Gasteiger partial charge is 0.257 e. The Morgan fingerprint density at radius 3 is 2.61 bits per heavy atom. The number of hydrogen-bond donors (Lipinski definition) is 0. The normalized spacial score (nSPS) is 27.1. The molecule has 0 amide bonds. The number of morpholine rings is 1. The third-order valence-corrected chi connectivity index (χ3v) is 4.73. The number of rotatable bonds is 3. The standard InChI is InChI=1S/C17H20FN3O2/c1-11-9-21(2)10-14(22-11)15-19-16(20-23-15)17(7-8-17)12-3-5-13(18)6-4-12/h3-6,11,14H,7-10H2,1-2H3/t11-,14-/m1/s1. The van der Waals surface area contributed by atoms with E-state index in [-0.39, 0.29) is 23.4 Å². The summed E-state index contributed by atoms with van der Waals surface area (Å²) in [6, 6.07) is 6.59. The molecule has 1 saturated heterocycles. The zero-order valence-electron chi connectivity index (χ0n) is 13.3. The van der Waals surface area contributed by atoms with Crippen molar-refractivity contribution in [3.63, 3.8) is 0 Å². The Morgan fingerprint density at radius 1 is 1.22 bits per heavy atom. The van der Waals surface area contributed by atoms with Crippen molar-refractivity contribution in [2.75, 3.05) is 20.1 Å². The zero-order valence-corrected chi connectivity index (χ0v) is 13.3. The van der Waals surface area contributed by atoms with Crippen molar-refractivity contribution < 1.29 is 13.7 Å². The molecule has 0 spiro atoms. The topological polar surface area (TPSA) is 51.4 Å². The monoisotopic (exact) mass is 317 g/mol. The lowest BCUT2D eigenvalue weighted by Gasteiger charge is -2.32. The summed E-state index contributed by atoms with van der Waals surface area (Å²) < 4.78 is 24.6. The van der Waals surface area contributed by atoms with E-state index in [2.05, 4.69) is 22.1 Å². The highest BCUT2D eigenvalue weighted by atomic mass is 19.1. The van der Waals surface area contributed by atoms with Gasteiger partial charge in [0.25, 0.3) is 5.89 Å². The van der Waals surface area contributed by atoms with Crippen molar-refractivity contribution in [3.8, 4) is 0 Å². The molecule has 5 nitrogen and oxygen atoms in total. The van der Waals surface area contributed by atoms with Gasteiger partial charge in [-0.1, -0.05) is 17.3 Å². The van der Waals surface area contributed by atoms with E-state index in [4.69, 9.17) is 9.26 Å². The van der Waals surface area contributed by atoms with E-state index < -0.39 is 0 Å². The van der Waals surface area contributed by atoms with Crippen LogP contribution in [0.4, 0.5) is 4.39 Å². The zero-order chi connectivity index (χ0) is 16.0. The van der Waals surface area contributed by atoms with Crippen LogP contribution in [0.15, 0.2) is 28.8 Å². The highest BCUT2D eigenvalue weighted by Crippen LogP contribution is 2.52. The SMILES string of the molecule is C[C@@H]1CN(C)C[C@H](c2nc(C3(c4ccc(F)cc4)CC3)no2)O1. The van der Waals surface area contributed by atoms with E-state index in [0.29, 0.717) is 11.7 Å². The van der Waals surface area contributed by atoms with Gasteiger partial charge >= 0.3 is 0 Å². The summed E-state index contributed by atoms with van der Waals surface area (Å²) in [5.74, 6) is 0.987. The van der Waals surface area contributed by atoms with Crippen LogP contribution in [0.3, 0.4) is 0 Å². The second-order valence-corrected chi connectivity index (χ2v) is 6.70. The molecule has 6 heteroatoms. The number of ether oxygens (including phenoxy) is 1. The molecule has 1 saturated carbocycles. The molecule has 2 heterocycles. The predicted octanol–water partition coefficient (Wildman–Crippen LogP) is 2.68. The van der Waals surface area contributed by atoms with Crippen molar-refractivity contribution >= 4 is 0 Å². The molecule has 1 aromatic heterocycles. The van der Waals surface area contributed by atoms with Crippen molar-refractivity contribution in [2.45, 2.75) is 37.4 Å². The van der Waals surface area contributed by atoms with Gasteiger partial charge in [0.15, 0.2) is 5.82 Å². The van der Waals surface area contributed by atoms with Gasteiger partial charge in [-0.05, 0) is 44.5 Å². The molecule has 2 atom stereocenters. The maximum atomic E-state index is 13.1. The number of halogens is 1. The summed E-state index contributed by atoms with van der Waals surface area (Å²) in [6.07, 6.45) is 1.87. The Labute approximate surface area is 134 Å². The minimum Gasteiger partial charge on any atom is -0.363 e. The largest absolute Gasteiger partial charge is 0.363 e. The third kappa shape index (κ3) is 2.66. The van der Waals surface area contributed by atoms with Gasteiger partial charge in [0.1, 0.15) is 11.9 Å². The second kappa shape index (κ2) is 5.39.